The van der Waals surface area contributed by atoms with Gasteiger partial charge in [0, 0.05) is 45.0 Å². The minimum Gasteiger partial charge on any atom is -0.440 e. The van der Waals surface area contributed by atoms with Crippen LogP contribution in [-0.2, 0) is 28.4 Å². The lowest BCUT2D eigenvalue weighted by Gasteiger charge is -2.29. The lowest BCUT2D eigenvalue weighted by molar-refractivity contribution is -0.277. The van der Waals surface area contributed by atoms with Crippen molar-refractivity contribution in [1.29, 1.82) is 0 Å². The van der Waals surface area contributed by atoms with Crippen molar-refractivity contribution in [2.75, 3.05) is 64.5 Å². The first-order valence-electron chi connectivity index (χ1n) is 16.1. The fourth-order valence-electron chi connectivity index (χ4n) is 5.91. The average Bonchev–Trinajstić information content (AvgIpc) is 3.39. The number of benzene rings is 1. The van der Waals surface area contributed by atoms with Gasteiger partial charge in [-0.25, -0.2) is 4.79 Å². The van der Waals surface area contributed by atoms with Crippen LogP contribution in [0.3, 0.4) is 0 Å². The zero-order valence-corrected chi connectivity index (χ0v) is 25.9. The SMILES string of the molecule is CCCCCCCCCCOC[C@@]12O[C@@H](CNCCN3CCOCC3)[C@@H](OC(=O)Nc3ccccc3)[C@@H]1OC(C)(C)O2. The van der Waals surface area contributed by atoms with Gasteiger partial charge in [-0.15, -0.1) is 0 Å². The second kappa shape index (κ2) is 16.9. The Bertz CT molecular complexity index is 915. The van der Waals surface area contributed by atoms with Gasteiger partial charge in [-0.05, 0) is 32.4 Å². The second-order valence-corrected chi connectivity index (χ2v) is 12.1. The highest BCUT2D eigenvalue weighted by Gasteiger charge is 2.66. The summed E-state index contributed by atoms with van der Waals surface area (Å²) < 4.78 is 36.9. The van der Waals surface area contributed by atoms with E-state index in [1.54, 1.807) is 0 Å². The number of hydrogen-bond acceptors (Lipinski definition) is 9. The van der Waals surface area contributed by atoms with Gasteiger partial charge in [-0.2, -0.15) is 0 Å². The zero-order chi connectivity index (χ0) is 29.7. The van der Waals surface area contributed by atoms with Crippen LogP contribution in [-0.4, -0.2) is 100 Å². The Hall–Kier alpha value is -1.79. The fourth-order valence-corrected chi connectivity index (χ4v) is 5.91. The highest BCUT2D eigenvalue weighted by Crippen LogP contribution is 2.46. The van der Waals surface area contributed by atoms with Gasteiger partial charge in [0.25, 0.3) is 0 Å². The van der Waals surface area contributed by atoms with Gasteiger partial charge >= 0.3 is 6.09 Å². The zero-order valence-electron chi connectivity index (χ0n) is 25.9. The van der Waals surface area contributed by atoms with Crippen molar-refractivity contribution in [3.63, 3.8) is 0 Å². The van der Waals surface area contributed by atoms with E-state index in [1.165, 1.54) is 38.5 Å². The molecule has 2 N–H and O–H groups in total. The molecule has 0 radical (unpaired) electrons. The third kappa shape index (κ3) is 10.1. The number of nitrogens with one attached hydrogen (secondary N) is 2. The minimum atomic E-state index is -1.15. The number of amides is 1. The summed E-state index contributed by atoms with van der Waals surface area (Å²) in [7, 11) is 0. The molecule has 10 nitrogen and oxygen atoms in total. The summed E-state index contributed by atoms with van der Waals surface area (Å²) in [5, 5.41) is 6.31. The van der Waals surface area contributed by atoms with Crippen LogP contribution in [0, 0.1) is 0 Å². The van der Waals surface area contributed by atoms with Crippen LogP contribution in [0.4, 0.5) is 10.5 Å². The standard InChI is InChI=1S/C32H53N3O7/c1-4-5-6-7-8-9-10-14-21-38-25-32-29(41-31(2,3)42-32)28(39-30(36)34-26-15-12-11-13-16-26)27(40-32)24-33-17-18-35-19-22-37-23-20-35/h11-13,15-16,27-29,33H,4-10,14,17-25H2,1-3H3,(H,34,36)/t27-,28+,29-,32-/m0/s1. The first-order valence-corrected chi connectivity index (χ1v) is 16.1. The van der Waals surface area contributed by atoms with Crippen molar-refractivity contribution < 1.29 is 33.2 Å². The third-order valence-electron chi connectivity index (χ3n) is 8.04. The average molecular weight is 592 g/mol. The fraction of sp³-hybridized carbons (Fsp3) is 0.781. The molecule has 0 spiro atoms. The predicted molar refractivity (Wildman–Crippen MR) is 162 cm³/mol. The maximum absolute atomic E-state index is 13.0. The van der Waals surface area contributed by atoms with Crippen LogP contribution in [0.25, 0.3) is 0 Å². The summed E-state index contributed by atoms with van der Waals surface area (Å²) in [6, 6.07) is 9.26. The van der Waals surface area contributed by atoms with Crippen molar-refractivity contribution in [1.82, 2.24) is 10.2 Å². The number of carbonyl (C=O) groups is 1. The molecule has 1 aromatic carbocycles. The van der Waals surface area contributed by atoms with Gasteiger partial charge in [0.05, 0.1) is 13.2 Å². The molecule has 3 aliphatic rings. The Morgan fingerprint density at radius 3 is 2.45 bits per heavy atom. The van der Waals surface area contributed by atoms with Gasteiger partial charge in [-0.3, -0.25) is 10.2 Å². The Balaban J connectivity index is 1.33. The Kier molecular flexibility index (Phi) is 13.3. The number of morpholine rings is 1. The van der Waals surface area contributed by atoms with E-state index in [-0.39, 0.29) is 6.61 Å². The quantitative estimate of drug-likeness (QED) is 0.230. The number of anilines is 1. The molecular weight excluding hydrogens is 538 g/mol. The molecule has 0 aromatic heterocycles. The summed E-state index contributed by atoms with van der Waals surface area (Å²) >= 11 is 0. The van der Waals surface area contributed by atoms with Crippen LogP contribution < -0.4 is 10.6 Å². The number of para-hydroxylation sites is 1. The van der Waals surface area contributed by atoms with E-state index >= 15 is 0 Å². The maximum Gasteiger partial charge on any atom is 0.412 e. The molecular formula is C32H53N3O7. The first-order chi connectivity index (χ1) is 20.4. The Morgan fingerprint density at radius 1 is 1.00 bits per heavy atom. The number of ether oxygens (including phenoxy) is 6. The lowest BCUT2D eigenvalue weighted by atomic mass is 10.1. The van der Waals surface area contributed by atoms with Gasteiger partial charge in [-0.1, -0.05) is 70.1 Å². The van der Waals surface area contributed by atoms with E-state index in [4.69, 9.17) is 28.4 Å². The van der Waals surface area contributed by atoms with Gasteiger partial charge in [0.1, 0.15) is 12.7 Å². The molecule has 4 atom stereocenters. The number of rotatable bonds is 18. The summed E-state index contributed by atoms with van der Waals surface area (Å²) in [5.41, 5.74) is 0.658. The Morgan fingerprint density at radius 2 is 1.71 bits per heavy atom. The minimum absolute atomic E-state index is 0.210. The lowest BCUT2D eigenvalue weighted by Crippen LogP contribution is -2.46. The van der Waals surface area contributed by atoms with Crippen LogP contribution >= 0.6 is 0 Å². The number of hydrogen-bond donors (Lipinski definition) is 2. The van der Waals surface area contributed by atoms with Crippen molar-refractivity contribution in [3.8, 4) is 0 Å². The van der Waals surface area contributed by atoms with Gasteiger partial charge in [0.2, 0.25) is 5.79 Å². The van der Waals surface area contributed by atoms with Crippen molar-refractivity contribution in [3.05, 3.63) is 30.3 Å². The molecule has 0 unspecified atom stereocenters. The summed E-state index contributed by atoms with van der Waals surface area (Å²) in [4.78, 5) is 15.4. The van der Waals surface area contributed by atoms with Crippen molar-refractivity contribution in [2.45, 2.75) is 102 Å². The maximum atomic E-state index is 13.0. The molecule has 0 saturated carbocycles. The molecule has 3 fully saturated rings. The van der Waals surface area contributed by atoms with Crippen LogP contribution in [0.2, 0.25) is 0 Å². The van der Waals surface area contributed by atoms with E-state index in [0.29, 0.717) is 18.8 Å². The molecule has 238 valence electrons. The van der Waals surface area contributed by atoms with E-state index < -0.39 is 36.0 Å². The monoisotopic (exact) mass is 591 g/mol. The van der Waals surface area contributed by atoms with Crippen molar-refractivity contribution in [2.24, 2.45) is 0 Å². The van der Waals surface area contributed by atoms with Crippen molar-refractivity contribution >= 4 is 11.8 Å². The largest absolute Gasteiger partial charge is 0.440 e. The number of unbranched alkanes of at least 4 members (excludes halogenated alkanes) is 7. The highest BCUT2D eigenvalue weighted by molar-refractivity contribution is 5.84. The second-order valence-electron chi connectivity index (χ2n) is 12.1. The molecule has 0 bridgehead atoms. The molecule has 1 aromatic rings. The number of fused-ring (bicyclic) bond motifs is 1. The van der Waals surface area contributed by atoms with Gasteiger partial charge < -0.3 is 33.7 Å². The summed E-state index contributed by atoms with van der Waals surface area (Å²) in [6.45, 7) is 12.4. The molecule has 4 rings (SSSR count). The van der Waals surface area contributed by atoms with E-state index in [1.807, 2.05) is 44.2 Å². The molecule has 0 aliphatic carbocycles. The molecule has 1 amide bonds. The van der Waals surface area contributed by atoms with Gasteiger partial charge in [0.15, 0.2) is 18.0 Å². The molecule has 3 heterocycles. The van der Waals surface area contributed by atoms with Crippen LogP contribution in [0.15, 0.2) is 30.3 Å². The summed E-state index contributed by atoms with van der Waals surface area (Å²) in [5.74, 6) is -2.06. The normalized spacial score (nSPS) is 27.2. The van der Waals surface area contributed by atoms with E-state index in [2.05, 4.69) is 22.5 Å². The smallest absolute Gasteiger partial charge is 0.412 e. The summed E-state index contributed by atoms with van der Waals surface area (Å²) in [6.07, 6.45) is 7.56. The molecule has 3 saturated heterocycles. The van der Waals surface area contributed by atoms with Crippen LogP contribution in [0.1, 0.15) is 72.1 Å². The predicted octanol–water partition coefficient (Wildman–Crippen LogP) is 4.93. The molecule has 10 heteroatoms. The Labute approximate surface area is 252 Å². The topological polar surface area (TPSA) is 99.8 Å². The van der Waals surface area contributed by atoms with Crippen LogP contribution in [0.5, 0.6) is 0 Å². The number of carbonyl (C=O) groups excluding carboxylic acids is 1. The third-order valence-corrected chi connectivity index (χ3v) is 8.04. The number of nitrogens with zero attached hydrogens (tertiary/aromatic N) is 1. The van der Waals surface area contributed by atoms with E-state index in [0.717, 1.165) is 52.2 Å². The highest BCUT2D eigenvalue weighted by atomic mass is 16.9. The molecule has 42 heavy (non-hydrogen) atoms. The molecule has 3 aliphatic heterocycles. The van der Waals surface area contributed by atoms with E-state index in [9.17, 15) is 4.79 Å². The first kappa shape index (κ1) is 33.1.